The van der Waals surface area contributed by atoms with Crippen molar-refractivity contribution in [3.8, 4) is 0 Å². The molecule has 2 nitrogen and oxygen atoms in total. The predicted octanol–water partition coefficient (Wildman–Crippen LogP) is 3.30. The standard InChI is InChI=1S/C15H15BO2/c1-3-5-7-14-9-16-10-15(8-6-4-2)18-12-13(16)11-17-14/h3-11H,1-2,12H2/b7-5-,8-6-. The highest BCUT2D eigenvalue weighted by Crippen LogP contribution is 2.23. The van der Waals surface area contributed by atoms with E-state index in [1.807, 2.05) is 24.3 Å². The summed E-state index contributed by atoms with van der Waals surface area (Å²) in [6, 6.07) is 0. The molecule has 2 rings (SSSR count). The van der Waals surface area contributed by atoms with E-state index < -0.39 is 0 Å². The molecule has 0 atom stereocenters. The first kappa shape index (κ1) is 12.3. The third-order valence-corrected chi connectivity index (χ3v) is 2.66. The van der Waals surface area contributed by atoms with Gasteiger partial charge in [0.05, 0.1) is 6.26 Å². The summed E-state index contributed by atoms with van der Waals surface area (Å²) in [5.74, 6) is 5.83. The van der Waals surface area contributed by atoms with E-state index in [0.717, 1.165) is 17.0 Å². The Kier molecular flexibility index (Phi) is 4.08. The topological polar surface area (TPSA) is 18.5 Å². The molecule has 0 saturated carbocycles. The fourth-order valence-corrected chi connectivity index (χ4v) is 1.75. The molecule has 0 N–H and O–H groups in total. The van der Waals surface area contributed by atoms with Crippen LogP contribution in [0.4, 0.5) is 0 Å². The van der Waals surface area contributed by atoms with Crippen molar-refractivity contribution in [2.75, 3.05) is 6.61 Å². The molecule has 0 radical (unpaired) electrons. The molecule has 0 aliphatic carbocycles. The summed E-state index contributed by atoms with van der Waals surface area (Å²) < 4.78 is 11.1. The highest BCUT2D eigenvalue weighted by atomic mass is 16.5. The summed E-state index contributed by atoms with van der Waals surface area (Å²) in [5, 5.41) is 0. The van der Waals surface area contributed by atoms with Crippen LogP contribution in [0.2, 0.25) is 0 Å². The van der Waals surface area contributed by atoms with Gasteiger partial charge >= 0.3 is 0 Å². The third-order valence-electron chi connectivity index (χ3n) is 2.66. The van der Waals surface area contributed by atoms with E-state index in [4.69, 9.17) is 9.47 Å². The third kappa shape index (κ3) is 2.95. The highest BCUT2D eigenvalue weighted by molar-refractivity contribution is 6.77. The van der Waals surface area contributed by atoms with E-state index in [9.17, 15) is 0 Å². The molecule has 90 valence electrons. The molecule has 3 heteroatoms. The molecular formula is C15H15BO2. The number of rotatable bonds is 4. The smallest absolute Gasteiger partial charge is 0.237 e. The number of fused-ring (bicyclic) bond motifs is 1. The molecule has 2 aliphatic rings. The van der Waals surface area contributed by atoms with E-state index in [0.29, 0.717) is 6.61 Å². The second kappa shape index (κ2) is 5.96. The van der Waals surface area contributed by atoms with E-state index in [1.54, 1.807) is 18.4 Å². The zero-order valence-corrected chi connectivity index (χ0v) is 10.2. The van der Waals surface area contributed by atoms with Gasteiger partial charge in [0.25, 0.3) is 0 Å². The fraction of sp³-hybridized carbons (Fsp3) is 0.0667. The summed E-state index contributed by atoms with van der Waals surface area (Å²) in [5.41, 5.74) is 1.13. The van der Waals surface area contributed by atoms with E-state index in [1.165, 1.54) is 0 Å². The lowest BCUT2D eigenvalue weighted by molar-refractivity contribution is 0.248. The lowest BCUT2D eigenvalue weighted by atomic mass is 9.43. The molecule has 0 aromatic heterocycles. The van der Waals surface area contributed by atoms with Gasteiger partial charge in [-0.1, -0.05) is 49.4 Å². The fourth-order valence-electron chi connectivity index (χ4n) is 1.75. The molecule has 0 aromatic carbocycles. The van der Waals surface area contributed by atoms with Gasteiger partial charge in [0.15, 0.2) is 0 Å². The molecular weight excluding hydrogens is 223 g/mol. The highest BCUT2D eigenvalue weighted by Gasteiger charge is 2.24. The molecule has 0 saturated heterocycles. The Bertz CT molecular complexity index is 493. The first-order chi connectivity index (χ1) is 8.83. The zero-order chi connectivity index (χ0) is 12.8. The van der Waals surface area contributed by atoms with E-state index in [-0.39, 0.29) is 6.71 Å². The van der Waals surface area contributed by atoms with Crippen LogP contribution in [-0.2, 0) is 9.47 Å². The molecule has 18 heavy (non-hydrogen) atoms. The summed E-state index contributed by atoms with van der Waals surface area (Å²) in [6.45, 7) is 8.08. The monoisotopic (exact) mass is 238 g/mol. The van der Waals surface area contributed by atoms with Crippen LogP contribution in [-0.4, -0.2) is 13.3 Å². The number of allylic oxidation sites excluding steroid dienone is 6. The average molecular weight is 238 g/mol. The second-order valence-corrected chi connectivity index (χ2v) is 3.95. The maximum atomic E-state index is 5.58. The van der Waals surface area contributed by atoms with E-state index in [2.05, 4.69) is 25.1 Å². The Hall–Kier alpha value is -2.16. The molecule has 2 aliphatic heterocycles. The Labute approximate surface area is 108 Å². The van der Waals surface area contributed by atoms with Gasteiger partial charge in [-0.25, -0.2) is 0 Å². The number of ether oxygens (including phenoxy) is 2. The lowest BCUT2D eigenvalue weighted by Crippen LogP contribution is -2.25. The van der Waals surface area contributed by atoms with Crippen LogP contribution in [0.5, 0.6) is 0 Å². The van der Waals surface area contributed by atoms with Gasteiger partial charge in [-0.05, 0) is 17.6 Å². The van der Waals surface area contributed by atoms with Gasteiger partial charge in [-0.2, -0.15) is 0 Å². The first-order valence-electron chi connectivity index (χ1n) is 5.83. The van der Waals surface area contributed by atoms with Crippen LogP contribution >= 0.6 is 0 Å². The minimum atomic E-state index is 0.237. The number of hydrogen-bond acceptors (Lipinski definition) is 2. The van der Waals surface area contributed by atoms with Crippen molar-refractivity contribution in [2.45, 2.75) is 0 Å². The van der Waals surface area contributed by atoms with Crippen molar-refractivity contribution in [2.24, 2.45) is 0 Å². The Balaban J connectivity index is 2.17. The molecule has 2 heterocycles. The van der Waals surface area contributed by atoms with Crippen molar-refractivity contribution in [1.82, 2.24) is 0 Å². The SMILES string of the molecule is C=C/C=C\C1=CB2C=C(/C=C\C=C)OCC2=CO1. The number of hydrogen-bond donors (Lipinski definition) is 0. The maximum Gasteiger partial charge on any atom is 0.237 e. The molecule has 0 bridgehead atoms. The van der Waals surface area contributed by atoms with Gasteiger partial charge in [0, 0.05) is 0 Å². The summed E-state index contributed by atoms with van der Waals surface area (Å²) in [7, 11) is 0. The predicted molar refractivity (Wildman–Crippen MR) is 75.7 cm³/mol. The summed E-state index contributed by atoms with van der Waals surface area (Å²) >= 11 is 0. The van der Waals surface area contributed by atoms with Crippen molar-refractivity contribution in [3.05, 3.63) is 84.8 Å². The van der Waals surface area contributed by atoms with Crippen LogP contribution in [0.3, 0.4) is 0 Å². The normalized spacial score (nSPS) is 18.4. The molecule has 0 fully saturated rings. The van der Waals surface area contributed by atoms with Gasteiger partial charge in [-0.15, -0.1) is 0 Å². The minimum Gasteiger partial charge on any atom is -0.491 e. The van der Waals surface area contributed by atoms with Crippen molar-refractivity contribution >= 4 is 6.71 Å². The van der Waals surface area contributed by atoms with Crippen LogP contribution < -0.4 is 0 Å². The van der Waals surface area contributed by atoms with Crippen LogP contribution in [0.1, 0.15) is 0 Å². The minimum absolute atomic E-state index is 0.237. The Morgan fingerprint density at radius 1 is 1.06 bits per heavy atom. The molecule has 0 amide bonds. The first-order valence-corrected chi connectivity index (χ1v) is 5.83. The van der Waals surface area contributed by atoms with Gasteiger partial charge in [0.1, 0.15) is 18.1 Å². The summed E-state index contributed by atoms with van der Waals surface area (Å²) in [6.07, 6.45) is 12.7. The summed E-state index contributed by atoms with van der Waals surface area (Å²) in [4.78, 5) is 0. The second-order valence-electron chi connectivity index (χ2n) is 3.95. The van der Waals surface area contributed by atoms with Gasteiger partial charge in [0.2, 0.25) is 6.71 Å². The Morgan fingerprint density at radius 3 is 2.44 bits per heavy atom. The van der Waals surface area contributed by atoms with Crippen LogP contribution in [0.15, 0.2) is 84.8 Å². The van der Waals surface area contributed by atoms with Crippen molar-refractivity contribution < 1.29 is 9.47 Å². The molecule has 0 spiro atoms. The Morgan fingerprint density at radius 2 is 1.72 bits per heavy atom. The maximum absolute atomic E-state index is 5.58. The van der Waals surface area contributed by atoms with Crippen LogP contribution in [0.25, 0.3) is 0 Å². The van der Waals surface area contributed by atoms with Crippen LogP contribution in [0, 0.1) is 0 Å². The molecule has 0 unspecified atom stereocenters. The van der Waals surface area contributed by atoms with E-state index >= 15 is 0 Å². The zero-order valence-electron chi connectivity index (χ0n) is 10.2. The lowest BCUT2D eigenvalue weighted by Gasteiger charge is -2.23. The average Bonchev–Trinajstić information content (AvgIpc) is 2.42. The molecule has 0 aromatic rings. The van der Waals surface area contributed by atoms with Crippen molar-refractivity contribution in [3.63, 3.8) is 0 Å². The van der Waals surface area contributed by atoms with Crippen molar-refractivity contribution in [1.29, 1.82) is 0 Å². The van der Waals surface area contributed by atoms with Gasteiger partial charge in [-0.3, -0.25) is 0 Å². The quantitative estimate of drug-likeness (QED) is 0.552. The largest absolute Gasteiger partial charge is 0.491 e. The van der Waals surface area contributed by atoms with Gasteiger partial charge < -0.3 is 9.47 Å².